The van der Waals surface area contributed by atoms with Crippen LogP contribution in [0.25, 0.3) is 42.9 Å². The van der Waals surface area contributed by atoms with Gasteiger partial charge in [-0.15, -0.1) is 32.9 Å². The van der Waals surface area contributed by atoms with E-state index < -0.39 is 0 Å². The van der Waals surface area contributed by atoms with Crippen molar-refractivity contribution in [3.63, 3.8) is 0 Å². The van der Waals surface area contributed by atoms with E-state index in [-0.39, 0.29) is 0 Å². The fourth-order valence-electron chi connectivity index (χ4n) is 3.14. The molecule has 0 spiro atoms. The highest BCUT2D eigenvalue weighted by atomic mass is 32.1. The summed E-state index contributed by atoms with van der Waals surface area (Å²) in [6.07, 6.45) is 0. The molecule has 5 aromatic rings. The van der Waals surface area contributed by atoms with E-state index >= 15 is 0 Å². The lowest BCUT2D eigenvalue weighted by Gasteiger charge is -2.08. The lowest BCUT2D eigenvalue weighted by atomic mass is 10.0. The van der Waals surface area contributed by atoms with E-state index in [4.69, 9.17) is 0 Å². The molecule has 0 amide bonds. The number of aromatic nitrogens is 6. The standard InChI is InChI=1S/C16H12N6S2/c1-21-15-11(9-5-3-7-23-9)14-16(22(2)20-18-14)12(13(15)17-19-21)10-6-4-8-24-10/h3-8H,1-2H3. The van der Waals surface area contributed by atoms with E-state index in [0.717, 1.165) is 42.9 Å². The average Bonchev–Trinajstić information content (AvgIpc) is 3.34. The van der Waals surface area contributed by atoms with E-state index in [1.165, 1.54) is 0 Å². The van der Waals surface area contributed by atoms with Gasteiger partial charge in [0.1, 0.15) is 22.1 Å². The van der Waals surface area contributed by atoms with Gasteiger partial charge in [0.05, 0.1) is 0 Å². The van der Waals surface area contributed by atoms with Crippen molar-refractivity contribution in [1.82, 2.24) is 30.0 Å². The molecule has 4 heterocycles. The Hall–Kier alpha value is -2.58. The SMILES string of the molecule is Cn1nnc2c(-c3cccs3)c3c(nnn3C)c(-c3cccs3)c21. The summed E-state index contributed by atoms with van der Waals surface area (Å²) in [5.74, 6) is 0. The van der Waals surface area contributed by atoms with Crippen LogP contribution in [0.5, 0.6) is 0 Å². The van der Waals surface area contributed by atoms with Gasteiger partial charge in [-0.2, -0.15) is 0 Å². The molecular weight excluding hydrogens is 340 g/mol. The molecule has 0 atom stereocenters. The zero-order chi connectivity index (χ0) is 16.3. The van der Waals surface area contributed by atoms with Crippen molar-refractivity contribution in [3.05, 3.63) is 35.0 Å². The lowest BCUT2D eigenvalue weighted by molar-refractivity contribution is 0.734. The fraction of sp³-hybridized carbons (Fsp3) is 0.125. The van der Waals surface area contributed by atoms with E-state index in [0.29, 0.717) is 0 Å². The highest BCUT2D eigenvalue weighted by molar-refractivity contribution is 7.14. The Labute approximate surface area is 145 Å². The molecular formula is C16H12N6S2. The van der Waals surface area contributed by atoms with E-state index in [9.17, 15) is 0 Å². The number of fused-ring (bicyclic) bond motifs is 2. The number of thiophene rings is 2. The zero-order valence-electron chi connectivity index (χ0n) is 13.0. The van der Waals surface area contributed by atoms with Crippen LogP contribution < -0.4 is 0 Å². The Morgan fingerprint density at radius 3 is 1.58 bits per heavy atom. The lowest BCUT2D eigenvalue weighted by Crippen LogP contribution is -1.95. The Kier molecular flexibility index (Phi) is 2.85. The molecule has 0 unspecified atom stereocenters. The van der Waals surface area contributed by atoms with E-state index in [1.807, 2.05) is 35.6 Å². The maximum Gasteiger partial charge on any atom is 0.124 e. The van der Waals surface area contributed by atoms with Crippen LogP contribution >= 0.6 is 22.7 Å². The minimum Gasteiger partial charge on any atom is -0.247 e. The largest absolute Gasteiger partial charge is 0.247 e. The quantitative estimate of drug-likeness (QED) is 0.486. The third kappa shape index (κ3) is 1.75. The normalized spacial score (nSPS) is 11.8. The minimum atomic E-state index is 0.890. The number of hydrogen-bond donors (Lipinski definition) is 0. The first-order valence-corrected chi connectivity index (χ1v) is 9.14. The van der Waals surface area contributed by atoms with Crippen LogP contribution in [0.3, 0.4) is 0 Å². The second kappa shape index (κ2) is 4.96. The van der Waals surface area contributed by atoms with E-state index in [1.54, 1.807) is 22.7 Å². The molecule has 0 N–H and O–H groups in total. The van der Waals surface area contributed by atoms with Crippen molar-refractivity contribution in [3.8, 4) is 20.9 Å². The summed E-state index contributed by atoms with van der Waals surface area (Å²) >= 11 is 3.37. The molecule has 0 fully saturated rings. The first kappa shape index (κ1) is 13.8. The molecule has 118 valence electrons. The maximum absolute atomic E-state index is 4.47. The van der Waals surface area contributed by atoms with Gasteiger partial charge in [0.2, 0.25) is 0 Å². The van der Waals surface area contributed by atoms with Crippen molar-refractivity contribution in [1.29, 1.82) is 0 Å². The molecule has 0 radical (unpaired) electrons. The monoisotopic (exact) mass is 352 g/mol. The van der Waals surface area contributed by atoms with Crippen molar-refractivity contribution >= 4 is 44.7 Å². The van der Waals surface area contributed by atoms with Crippen LogP contribution in [0, 0.1) is 0 Å². The molecule has 0 aliphatic carbocycles. The second-order valence-corrected chi connectivity index (χ2v) is 7.42. The summed E-state index contributed by atoms with van der Waals surface area (Å²) < 4.78 is 3.66. The third-order valence-corrected chi connectivity index (χ3v) is 5.91. The maximum atomic E-state index is 4.47. The highest BCUT2D eigenvalue weighted by Gasteiger charge is 2.25. The minimum absolute atomic E-state index is 0.890. The number of benzene rings is 1. The first-order valence-electron chi connectivity index (χ1n) is 7.38. The number of aryl methyl sites for hydroxylation is 2. The summed E-state index contributed by atoms with van der Waals surface area (Å²) in [5.41, 5.74) is 5.87. The van der Waals surface area contributed by atoms with E-state index in [2.05, 4.69) is 43.5 Å². The molecule has 6 nitrogen and oxygen atoms in total. The smallest absolute Gasteiger partial charge is 0.124 e. The van der Waals surface area contributed by atoms with Gasteiger partial charge in [0.15, 0.2) is 0 Å². The van der Waals surface area contributed by atoms with Gasteiger partial charge < -0.3 is 0 Å². The van der Waals surface area contributed by atoms with Gasteiger partial charge in [0, 0.05) is 35.0 Å². The summed E-state index contributed by atoms with van der Waals surface area (Å²) in [6, 6.07) is 8.30. The van der Waals surface area contributed by atoms with Crippen LogP contribution in [-0.2, 0) is 14.1 Å². The summed E-state index contributed by atoms with van der Waals surface area (Å²) in [5, 5.41) is 21.7. The molecule has 0 saturated carbocycles. The van der Waals surface area contributed by atoms with Crippen molar-refractivity contribution in [2.45, 2.75) is 0 Å². The Bertz CT molecular complexity index is 1070. The van der Waals surface area contributed by atoms with Crippen LogP contribution in [0.2, 0.25) is 0 Å². The van der Waals surface area contributed by atoms with Crippen molar-refractivity contribution < 1.29 is 0 Å². The van der Waals surface area contributed by atoms with Crippen molar-refractivity contribution in [2.24, 2.45) is 14.1 Å². The summed E-state index contributed by atoms with van der Waals surface area (Å²) in [6.45, 7) is 0. The van der Waals surface area contributed by atoms with Crippen LogP contribution in [0.4, 0.5) is 0 Å². The Morgan fingerprint density at radius 2 is 1.21 bits per heavy atom. The fourth-order valence-corrected chi connectivity index (χ4v) is 4.69. The molecule has 1 aromatic carbocycles. The number of nitrogens with zero attached hydrogens (tertiary/aromatic N) is 6. The highest BCUT2D eigenvalue weighted by Crippen LogP contribution is 2.43. The number of rotatable bonds is 2. The Balaban J connectivity index is 2.08. The van der Waals surface area contributed by atoms with Gasteiger partial charge in [-0.1, -0.05) is 22.6 Å². The van der Waals surface area contributed by atoms with Crippen molar-refractivity contribution in [2.75, 3.05) is 0 Å². The topological polar surface area (TPSA) is 61.4 Å². The summed E-state index contributed by atoms with van der Waals surface area (Å²) in [4.78, 5) is 2.29. The molecule has 24 heavy (non-hydrogen) atoms. The van der Waals surface area contributed by atoms with Gasteiger partial charge in [-0.05, 0) is 22.9 Å². The average molecular weight is 352 g/mol. The third-order valence-electron chi connectivity index (χ3n) is 4.14. The first-order chi connectivity index (χ1) is 11.8. The predicted octanol–water partition coefficient (Wildman–Crippen LogP) is 3.71. The summed E-state index contributed by atoms with van der Waals surface area (Å²) in [7, 11) is 3.85. The Morgan fingerprint density at radius 1 is 0.750 bits per heavy atom. The number of hydrogen-bond acceptors (Lipinski definition) is 6. The van der Waals surface area contributed by atoms with Crippen LogP contribution in [-0.4, -0.2) is 30.0 Å². The zero-order valence-corrected chi connectivity index (χ0v) is 14.6. The second-order valence-electron chi connectivity index (χ2n) is 5.53. The molecule has 0 saturated heterocycles. The predicted molar refractivity (Wildman–Crippen MR) is 97.2 cm³/mol. The van der Waals surface area contributed by atoms with Gasteiger partial charge in [-0.3, -0.25) is 0 Å². The molecule has 5 rings (SSSR count). The molecule has 0 aliphatic rings. The molecule has 4 aromatic heterocycles. The molecule has 0 bridgehead atoms. The van der Waals surface area contributed by atoms with Gasteiger partial charge >= 0.3 is 0 Å². The molecule has 0 aliphatic heterocycles. The molecule has 8 heteroatoms. The van der Waals surface area contributed by atoms with Gasteiger partial charge in [-0.25, -0.2) is 9.36 Å². The van der Waals surface area contributed by atoms with Crippen LogP contribution in [0.1, 0.15) is 0 Å². The van der Waals surface area contributed by atoms with Crippen LogP contribution in [0.15, 0.2) is 35.0 Å². The van der Waals surface area contributed by atoms with Gasteiger partial charge in [0.25, 0.3) is 0 Å².